The highest BCUT2D eigenvalue weighted by atomic mass is 35.5. The molecule has 142 valence electrons. The molecule has 27 heavy (non-hydrogen) atoms. The molecule has 0 atom stereocenters. The molecule has 7 heteroatoms. The Kier molecular flexibility index (Phi) is 5.56. The quantitative estimate of drug-likeness (QED) is 0.596. The first kappa shape index (κ1) is 19.0. The lowest BCUT2D eigenvalue weighted by molar-refractivity contribution is 0.0530. The van der Waals surface area contributed by atoms with Crippen molar-refractivity contribution in [1.29, 1.82) is 0 Å². The van der Waals surface area contributed by atoms with Crippen LogP contribution in [0.4, 0.5) is 10.8 Å². The van der Waals surface area contributed by atoms with Gasteiger partial charge in [-0.3, -0.25) is 0 Å². The van der Waals surface area contributed by atoms with Crippen LogP contribution in [0.1, 0.15) is 20.8 Å². The number of alkyl carbamates (subject to hydrolysis) is 1. The number of rotatable bonds is 5. The molecule has 3 rings (SSSR count). The van der Waals surface area contributed by atoms with E-state index < -0.39 is 11.7 Å². The molecular weight excluding hydrogens is 366 g/mol. The minimum Gasteiger partial charge on any atom is -0.444 e. The van der Waals surface area contributed by atoms with Crippen molar-refractivity contribution in [2.75, 3.05) is 18.4 Å². The van der Waals surface area contributed by atoms with E-state index in [2.05, 4.69) is 15.6 Å². The highest BCUT2D eigenvalue weighted by molar-refractivity contribution is 6.30. The maximum absolute atomic E-state index is 11.6. The van der Waals surface area contributed by atoms with Crippen molar-refractivity contribution in [3.05, 3.63) is 47.5 Å². The van der Waals surface area contributed by atoms with E-state index in [4.69, 9.17) is 20.8 Å². The van der Waals surface area contributed by atoms with Gasteiger partial charge >= 0.3 is 6.09 Å². The second-order valence-corrected chi connectivity index (χ2v) is 7.47. The fraction of sp³-hybridized carbons (Fsp3) is 0.300. The fourth-order valence-corrected chi connectivity index (χ4v) is 2.75. The molecule has 0 fully saturated rings. The van der Waals surface area contributed by atoms with Crippen molar-refractivity contribution in [2.45, 2.75) is 26.4 Å². The van der Waals surface area contributed by atoms with Gasteiger partial charge in [-0.05, 0) is 44.5 Å². The van der Waals surface area contributed by atoms with Gasteiger partial charge in [0, 0.05) is 23.7 Å². The number of oxazole rings is 1. The van der Waals surface area contributed by atoms with E-state index in [1.54, 1.807) is 0 Å². The third-order valence-corrected chi connectivity index (χ3v) is 3.86. The summed E-state index contributed by atoms with van der Waals surface area (Å²) >= 11 is 6.10. The molecule has 0 aliphatic heterocycles. The average molecular weight is 388 g/mol. The summed E-state index contributed by atoms with van der Waals surface area (Å²) in [5.74, 6) is 0. The van der Waals surface area contributed by atoms with Crippen LogP contribution in [0.15, 0.2) is 46.9 Å². The van der Waals surface area contributed by atoms with Gasteiger partial charge in [-0.1, -0.05) is 35.9 Å². The Morgan fingerprint density at radius 2 is 1.96 bits per heavy atom. The van der Waals surface area contributed by atoms with E-state index in [-0.39, 0.29) is 0 Å². The molecule has 2 N–H and O–H groups in total. The summed E-state index contributed by atoms with van der Waals surface area (Å²) in [6.45, 7) is 6.30. The summed E-state index contributed by atoms with van der Waals surface area (Å²) < 4.78 is 10.9. The Balaban J connectivity index is 1.65. The summed E-state index contributed by atoms with van der Waals surface area (Å²) in [5, 5.41) is 6.41. The Hall–Kier alpha value is -2.73. The van der Waals surface area contributed by atoms with E-state index >= 15 is 0 Å². The third-order valence-electron chi connectivity index (χ3n) is 3.62. The summed E-state index contributed by atoms with van der Waals surface area (Å²) in [5.41, 5.74) is 2.82. The van der Waals surface area contributed by atoms with E-state index in [9.17, 15) is 4.79 Å². The third kappa shape index (κ3) is 5.14. The number of fused-ring (bicyclic) bond motifs is 1. The molecule has 0 saturated heterocycles. The van der Waals surface area contributed by atoms with Gasteiger partial charge in [0.1, 0.15) is 11.1 Å². The van der Waals surface area contributed by atoms with Gasteiger partial charge < -0.3 is 19.8 Å². The van der Waals surface area contributed by atoms with Crippen LogP contribution >= 0.6 is 11.6 Å². The molecule has 2 aromatic carbocycles. The normalized spacial score (nSPS) is 11.4. The zero-order valence-corrected chi connectivity index (χ0v) is 16.3. The number of para-hydroxylation sites is 1. The second-order valence-electron chi connectivity index (χ2n) is 7.04. The van der Waals surface area contributed by atoms with Crippen LogP contribution in [0.3, 0.4) is 0 Å². The smallest absolute Gasteiger partial charge is 0.407 e. The first-order chi connectivity index (χ1) is 12.8. The zero-order valence-electron chi connectivity index (χ0n) is 15.5. The number of nitrogens with one attached hydrogen (secondary N) is 2. The number of benzene rings is 2. The van der Waals surface area contributed by atoms with Crippen LogP contribution in [-0.4, -0.2) is 29.8 Å². The van der Waals surface area contributed by atoms with Gasteiger partial charge in [0.15, 0.2) is 5.58 Å². The molecule has 6 nitrogen and oxygen atoms in total. The van der Waals surface area contributed by atoms with Gasteiger partial charge in [0.2, 0.25) is 0 Å². The Bertz CT molecular complexity index is 947. The van der Waals surface area contributed by atoms with Crippen molar-refractivity contribution in [3.8, 4) is 11.1 Å². The molecule has 1 amide bonds. The molecular formula is C20H22ClN3O3. The number of aromatic nitrogens is 1. The van der Waals surface area contributed by atoms with Gasteiger partial charge in [-0.15, -0.1) is 0 Å². The number of carbonyl (C=O) groups excluding carboxylic acids is 1. The molecule has 0 aliphatic rings. The number of nitrogens with zero attached hydrogens (tertiary/aromatic N) is 1. The average Bonchev–Trinajstić information content (AvgIpc) is 3.00. The summed E-state index contributed by atoms with van der Waals surface area (Å²) in [4.78, 5) is 16.2. The van der Waals surface area contributed by atoms with Crippen molar-refractivity contribution >= 4 is 34.8 Å². The van der Waals surface area contributed by atoms with Gasteiger partial charge in [0.05, 0.1) is 0 Å². The van der Waals surface area contributed by atoms with Crippen LogP contribution in [0.2, 0.25) is 5.02 Å². The molecule has 1 heterocycles. The number of amides is 1. The molecule has 0 aliphatic carbocycles. The van der Waals surface area contributed by atoms with Gasteiger partial charge in [-0.2, -0.15) is 4.98 Å². The maximum Gasteiger partial charge on any atom is 0.407 e. The minimum atomic E-state index is -0.519. The number of hydrogen-bond acceptors (Lipinski definition) is 5. The molecule has 1 aromatic heterocycles. The van der Waals surface area contributed by atoms with E-state index in [1.807, 2.05) is 63.2 Å². The Morgan fingerprint density at radius 1 is 1.19 bits per heavy atom. The Morgan fingerprint density at radius 3 is 2.70 bits per heavy atom. The molecule has 0 spiro atoms. The number of carbonyl (C=O) groups is 1. The van der Waals surface area contributed by atoms with Crippen LogP contribution < -0.4 is 10.6 Å². The minimum absolute atomic E-state index is 0.384. The zero-order chi connectivity index (χ0) is 19.4. The van der Waals surface area contributed by atoms with E-state index in [0.29, 0.717) is 29.7 Å². The first-order valence-corrected chi connectivity index (χ1v) is 9.06. The summed E-state index contributed by atoms with van der Waals surface area (Å²) in [7, 11) is 0. The summed E-state index contributed by atoms with van der Waals surface area (Å²) in [6, 6.07) is 13.8. The second kappa shape index (κ2) is 7.88. The van der Waals surface area contributed by atoms with E-state index in [1.165, 1.54) is 0 Å². The number of anilines is 1. The molecule has 0 saturated carbocycles. The predicted molar refractivity (Wildman–Crippen MR) is 107 cm³/mol. The Labute approximate surface area is 162 Å². The van der Waals surface area contributed by atoms with Crippen molar-refractivity contribution in [1.82, 2.24) is 10.3 Å². The topological polar surface area (TPSA) is 76.4 Å². The monoisotopic (exact) mass is 387 g/mol. The number of halogens is 1. The highest BCUT2D eigenvalue weighted by Crippen LogP contribution is 2.31. The molecule has 3 aromatic rings. The predicted octanol–water partition coefficient (Wildman–Crippen LogP) is 5.08. The van der Waals surface area contributed by atoms with E-state index in [0.717, 1.165) is 16.6 Å². The number of ether oxygens (including phenoxy) is 1. The maximum atomic E-state index is 11.6. The van der Waals surface area contributed by atoms with Crippen LogP contribution in [0.25, 0.3) is 22.2 Å². The lowest BCUT2D eigenvalue weighted by Crippen LogP contribution is -2.35. The van der Waals surface area contributed by atoms with Gasteiger partial charge in [0.25, 0.3) is 6.01 Å². The summed E-state index contributed by atoms with van der Waals surface area (Å²) in [6.07, 6.45) is -0.454. The van der Waals surface area contributed by atoms with Crippen molar-refractivity contribution in [3.63, 3.8) is 0 Å². The standard InChI is InChI=1S/C20H22ClN3O3/c1-20(2,3)27-19(25)23-11-10-22-18-24-17-15(8-5-9-16(17)26-18)13-6-4-7-14(21)12-13/h4-9,12H,10-11H2,1-3H3,(H,22,24)(H,23,25). The lowest BCUT2D eigenvalue weighted by atomic mass is 10.0. The highest BCUT2D eigenvalue weighted by Gasteiger charge is 2.15. The number of hydrogen-bond donors (Lipinski definition) is 2. The molecule has 0 unspecified atom stereocenters. The largest absolute Gasteiger partial charge is 0.444 e. The van der Waals surface area contributed by atoms with Gasteiger partial charge in [-0.25, -0.2) is 4.79 Å². The molecule has 0 bridgehead atoms. The lowest BCUT2D eigenvalue weighted by Gasteiger charge is -2.19. The van der Waals surface area contributed by atoms with Crippen LogP contribution in [0, 0.1) is 0 Å². The SMILES string of the molecule is CC(C)(C)OC(=O)NCCNc1nc2c(-c3cccc(Cl)c3)cccc2o1. The van der Waals surface area contributed by atoms with Crippen molar-refractivity contribution < 1.29 is 13.9 Å². The fourth-order valence-electron chi connectivity index (χ4n) is 2.56. The van der Waals surface area contributed by atoms with Crippen LogP contribution in [-0.2, 0) is 4.74 Å². The molecule has 0 radical (unpaired) electrons. The van der Waals surface area contributed by atoms with Crippen LogP contribution in [0.5, 0.6) is 0 Å². The van der Waals surface area contributed by atoms with Crippen molar-refractivity contribution in [2.24, 2.45) is 0 Å². The first-order valence-electron chi connectivity index (χ1n) is 8.68.